The van der Waals surface area contributed by atoms with Gasteiger partial charge in [-0.25, -0.2) is 22.5 Å². The highest BCUT2D eigenvalue weighted by Gasteiger charge is 2.43. The first-order chi connectivity index (χ1) is 19.4. The van der Waals surface area contributed by atoms with Gasteiger partial charge >= 0.3 is 0 Å². The predicted molar refractivity (Wildman–Crippen MR) is 143 cm³/mol. The van der Waals surface area contributed by atoms with Gasteiger partial charge in [-0.1, -0.05) is 13.8 Å². The lowest BCUT2D eigenvalue weighted by Gasteiger charge is -2.42. The number of phenolic OH excluding ortho intramolecular Hbond substituents is 1. The lowest BCUT2D eigenvalue weighted by atomic mass is 9.79. The molecule has 0 bridgehead atoms. The molecule has 0 radical (unpaired) electrons. The minimum absolute atomic E-state index is 0.0183. The number of hydrogen-bond acceptors (Lipinski definition) is 6. The van der Waals surface area contributed by atoms with E-state index in [1.807, 2.05) is 0 Å². The summed E-state index contributed by atoms with van der Waals surface area (Å²) in [5.41, 5.74) is -0.753. The topological polar surface area (TPSA) is 111 Å². The molecule has 0 saturated carbocycles. The van der Waals surface area contributed by atoms with Gasteiger partial charge in [0.05, 0.1) is 11.7 Å². The Morgan fingerprint density at radius 3 is 2.54 bits per heavy atom. The first-order valence-corrected chi connectivity index (χ1v) is 13.3. The quantitative estimate of drug-likeness (QED) is 0.259. The Morgan fingerprint density at radius 2 is 1.90 bits per heavy atom. The van der Waals surface area contributed by atoms with Crippen LogP contribution in [0, 0.1) is 28.8 Å². The van der Waals surface area contributed by atoms with E-state index in [1.54, 1.807) is 13.8 Å². The summed E-state index contributed by atoms with van der Waals surface area (Å²) in [6, 6.07) is 5.36. The van der Waals surface area contributed by atoms with Gasteiger partial charge in [-0.05, 0) is 47.7 Å². The fourth-order valence-corrected chi connectivity index (χ4v) is 5.43. The van der Waals surface area contributed by atoms with Gasteiger partial charge in [0, 0.05) is 56.5 Å². The van der Waals surface area contributed by atoms with E-state index in [0.717, 1.165) is 24.3 Å². The molecule has 0 aliphatic carbocycles. The molecule has 1 aromatic heterocycles. The van der Waals surface area contributed by atoms with E-state index in [9.17, 15) is 37.7 Å². The van der Waals surface area contributed by atoms with Crippen molar-refractivity contribution in [2.75, 3.05) is 32.8 Å². The number of rotatable bonds is 11. The van der Waals surface area contributed by atoms with Gasteiger partial charge in [0.15, 0.2) is 0 Å². The fraction of sp³-hybridized carbons (Fsp3) is 0.448. The number of amides is 1. The van der Waals surface area contributed by atoms with E-state index >= 15 is 0 Å². The molecule has 3 unspecified atom stereocenters. The molecule has 3 atom stereocenters. The summed E-state index contributed by atoms with van der Waals surface area (Å²) in [5.74, 6) is -3.63. The third kappa shape index (κ3) is 6.88. The molecule has 1 aliphatic heterocycles. The van der Waals surface area contributed by atoms with Crippen molar-refractivity contribution in [1.29, 1.82) is 0 Å². The standard InChI is InChI=1S/C29H34F4N4O4/c1-29(2,5-6-38)27(37(26(41)16-39)14-18-11-34-12-24(18)33)28-35-25(22-10-19(30)3-4-23(22)32)15-36(28)13-17-7-20(31)9-21(40)8-17/h3-4,7-10,15,18,24,27,34,38-40H,5-6,11-14,16H2,1-2H3. The van der Waals surface area contributed by atoms with E-state index in [4.69, 9.17) is 0 Å². The number of aromatic hydroxyl groups is 1. The highest BCUT2D eigenvalue weighted by Crippen LogP contribution is 2.42. The molecule has 4 N–H and O–H groups in total. The molecule has 2 heterocycles. The highest BCUT2D eigenvalue weighted by atomic mass is 19.1. The van der Waals surface area contributed by atoms with Crippen LogP contribution in [0.2, 0.25) is 0 Å². The van der Waals surface area contributed by atoms with Gasteiger partial charge in [-0.2, -0.15) is 0 Å². The second kappa shape index (κ2) is 12.6. The van der Waals surface area contributed by atoms with E-state index < -0.39 is 53.5 Å². The molecule has 12 heteroatoms. The first kappa shape index (κ1) is 30.5. The van der Waals surface area contributed by atoms with Gasteiger partial charge in [0.2, 0.25) is 5.91 Å². The zero-order valence-corrected chi connectivity index (χ0v) is 22.8. The molecule has 222 valence electrons. The van der Waals surface area contributed by atoms with E-state index in [1.165, 1.54) is 27.8 Å². The van der Waals surface area contributed by atoms with Crippen LogP contribution in [-0.4, -0.2) is 74.7 Å². The minimum atomic E-state index is -1.25. The van der Waals surface area contributed by atoms with Crippen LogP contribution < -0.4 is 5.32 Å². The molecular weight excluding hydrogens is 544 g/mol. The van der Waals surface area contributed by atoms with E-state index in [0.29, 0.717) is 12.1 Å². The number of aromatic nitrogens is 2. The van der Waals surface area contributed by atoms with Crippen LogP contribution >= 0.6 is 0 Å². The maximum atomic E-state index is 14.9. The van der Waals surface area contributed by atoms with Crippen molar-refractivity contribution in [2.24, 2.45) is 11.3 Å². The van der Waals surface area contributed by atoms with Crippen molar-refractivity contribution in [3.63, 3.8) is 0 Å². The number of nitrogens with zero attached hydrogens (tertiary/aromatic N) is 3. The third-order valence-corrected chi connectivity index (χ3v) is 7.50. The summed E-state index contributed by atoms with van der Waals surface area (Å²) in [5, 5.41) is 32.7. The van der Waals surface area contributed by atoms with Crippen LogP contribution in [0.25, 0.3) is 11.3 Å². The number of benzene rings is 2. The van der Waals surface area contributed by atoms with Crippen LogP contribution in [0.5, 0.6) is 5.75 Å². The average Bonchev–Trinajstić information content (AvgIpc) is 3.49. The monoisotopic (exact) mass is 578 g/mol. The molecule has 8 nitrogen and oxygen atoms in total. The Morgan fingerprint density at radius 1 is 1.15 bits per heavy atom. The molecule has 1 amide bonds. The Kier molecular flexibility index (Phi) is 9.35. The number of halogens is 4. The van der Waals surface area contributed by atoms with Gasteiger partial charge < -0.3 is 30.1 Å². The van der Waals surface area contributed by atoms with Crippen molar-refractivity contribution >= 4 is 5.91 Å². The number of carbonyl (C=O) groups is 1. The molecule has 2 aromatic carbocycles. The van der Waals surface area contributed by atoms with Crippen molar-refractivity contribution in [3.05, 3.63) is 71.4 Å². The Labute approximate surface area is 235 Å². The third-order valence-electron chi connectivity index (χ3n) is 7.50. The summed E-state index contributed by atoms with van der Waals surface area (Å²) < 4.78 is 59.4. The fourth-order valence-electron chi connectivity index (χ4n) is 5.43. The highest BCUT2D eigenvalue weighted by molar-refractivity contribution is 5.78. The molecule has 1 fully saturated rings. The van der Waals surface area contributed by atoms with E-state index in [-0.39, 0.29) is 55.5 Å². The molecule has 4 rings (SSSR count). The number of carbonyl (C=O) groups excluding carboxylic acids is 1. The number of phenols is 1. The second-order valence-electron chi connectivity index (χ2n) is 11.1. The molecule has 41 heavy (non-hydrogen) atoms. The summed E-state index contributed by atoms with van der Waals surface area (Å²) in [6.45, 7) is 2.59. The number of aliphatic hydroxyl groups is 2. The second-order valence-corrected chi connectivity index (χ2v) is 11.1. The van der Waals surface area contributed by atoms with Crippen molar-refractivity contribution in [3.8, 4) is 17.0 Å². The average molecular weight is 579 g/mol. The smallest absolute Gasteiger partial charge is 0.248 e. The Balaban J connectivity index is 1.93. The number of aliphatic hydroxyl groups excluding tert-OH is 2. The molecular formula is C29H34F4N4O4. The zero-order chi connectivity index (χ0) is 29.9. The largest absolute Gasteiger partial charge is 0.508 e. The van der Waals surface area contributed by atoms with Gasteiger partial charge in [0.1, 0.15) is 41.8 Å². The molecule has 0 spiro atoms. The summed E-state index contributed by atoms with van der Waals surface area (Å²) in [4.78, 5) is 19.2. The SMILES string of the molecule is CC(C)(CCO)C(c1nc(-c2cc(F)ccc2F)cn1Cc1cc(O)cc(F)c1)N(CC1CNCC1F)C(=O)CO. The van der Waals surface area contributed by atoms with Crippen LogP contribution in [0.3, 0.4) is 0 Å². The van der Waals surface area contributed by atoms with Crippen LogP contribution in [-0.2, 0) is 11.3 Å². The summed E-state index contributed by atoms with van der Waals surface area (Å²) in [6.07, 6.45) is 0.331. The lowest BCUT2D eigenvalue weighted by molar-refractivity contribution is -0.141. The molecule has 1 saturated heterocycles. The van der Waals surface area contributed by atoms with Crippen molar-refractivity contribution in [2.45, 2.75) is 39.0 Å². The van der Waals surface area contributed by atoms with Crippen molar-refractivity contribution in [1.82, 2.24) is 19.8 Å². The van der Waals surface area contributed by atoms with Crippen LogP contribution in [0.4, 0.5) is 17.6 Å². The molecule has 3 aromatic rings. The van der Waals surface area contributed by atoms with Gasteiger partial charge in [0.25, 0.3) is 0 Å². The Hall–Kier alpha value is -3.48. The van der Waals surface area contributed by atoms with E-state index in [2.05, 4.69) is 10.3 Å². The van der Waals surface area contributed by atoms with Crippen LogP contribution in [0.1, 0.15) is 37.7 Å². The molecule has 1 aliphatic rings. The van der Waals surface area contributed by atoms with Gasteiger partial charge in [-0.15, -0.1) is 0 Å². The Bertz CT molecular complexity index is 1360. The van der Waals surface area contributed by atoms with Crippen molar-refractivity contribution < 1.29 is 37.7 Å². The number of nitrogens with one attached hydrogen (secondary N) is 1. The zero-order valence-electron chi connectivity index (χ0n) is 22.8. The number of imidazole rings is 1. The lowest BCUT2D eigenvalue weighted by Crippen LogP contribution is -2.48. The first-order valence-electron chi connectivity index (χ1n) is 13.3. The maximum Gasteiger partial charge on any atom is 0.248 e. The minimum Gasteiger partial charge on any atom is -0.508 e. The number of alkyl halides is 1. The van der Waals surface area contributed by atoms with Crippen LogP contribution in [0.15, 0.2) is 42.6 Å². The number of hydrogen-bond donors (Lipinski definition) is 4. The normalized spacial score (nSPS) is 18.0. The summed E-state index contributed by atoms with van der Waals surface area (Å²) >= 11 is 0. The summed E-state index contributed by atoms with van der Waals surface area (Å²) in [7, 11) is 0. The maximum absolute atomic E-state index is 14.9. The van der Waals surface area contributed by atoms with Gasteiger partial charge in [-0.3, -0.25) is 4.79 Å². The predicted octanol–water partition coefficient (Wildman–Crippen LogP) is 3.55.